The number of rotatable bonds is 7. The van der Waals surface area contributed by atoms with Crippen LogP contribution in [-0.4, -0.2) is 80.1 Å². The predicted molar refractivity (Wildman–Crippen MR) is 121 cm³/mol. The van der Waals surface area contributed by atoms with Gasteiger partial charge in [-0.2, -0.15) is 0 Å². The summed E-state index contributed by atoms with van der Waals surface area (Å²) >= 11 is 1.72. The minimum Gasteiger partial charge on any atom is -0.376 e. The molecule has 1 N–H and O–H groups in total. The fourth-order valence-electron chi connectivity index (χ4n) is 2.66. The minimum atomic E-state index is -0.0119. The van der Waals surface area contributed by atoms with E-state index in [2.05, 4.69) is 27.1 Å². The first-order valence-corrected chi connectivity index (χ1v) is 10.00. The number of hydrogen-bond acceptors (Lipinski definition) is 5. The van der Waals surface area contributed by atoms with Crippen molar-refractivity contribution in [2.75, 3.05) is 47.4 Å². The number of guanidine groups is 1. The molecule has 2 heterocycles. The Labute approximate surface area is 183 Å². The third-order valence-corrected chi connectivity index (χ3v) is 5.29. The summed E-state index contributed by atoms with van der Waals surface area (Å²) in [6, 6.07) is 0. The van der Waals surface area contributed by atoms with Gasteiger partial charge in [0.05, 0.1) is 11.1 Å². The standard InChI is InChI=1S/C18H31N5O2S.HI/c1-14-11-19-16(26-14)8-9-23(4)18(21-13-17(24)22(2)3)20-12-15-7-5-6-10-25-15;/h11,15H,5-10,12-13H2,1-4H3,(H,20,21);1H. The Hall–Kier alpha value is -0.940. The number of hydrogen-bond donors (Lipinski definition) is 1. The Morgan fingerprint density at radius 2 is 2.19 bits per heavy atom. The molecule has 9 heteroatoms. The summed E-state index contributed by atoms with van der Waals surface area (Å²) < 4.78 is 5.78. The maximum Gasteiger partial charge on any atom is 0.243 e. The van der Waals surface area contributed by atoms with Crippen LogP contribution in [0.1, 0.15) is 29.1 Å². The molecule has 1 unspecified atom stereocenters. The first-order valence-electron chi connectivity index (χ1n) is 9.18. The lowest BCUT2D eigenvalue weighted by Gasteiger charge is -2.27. The summed E-state index contributed by atoms with van der Waals surface area (Å²) in [5, 5.41) is 4.51. The Kier molecular flexibility index (Phi) is 11.2. The van der Waals surface area contributed by atoms with Gasteiger partial charge in [0, 0.05) is 58.3 Å². The number of aryl methyl sites for hydroxylation is 1. The van der Waals surface area contributed by atoms with Gasteiger partial charge >= 0.3 is 0 Å². The predicted octanol–water partition coefficient (Wildman–Crippen LogP) is 2.15. The number of carbonyl (C=O) groups is 1. The number of ether oxygens (including phenoxy) is 1. The third kappa shape index (κ3) is 8.73. The van der Waals surface area contributed by atoms with Crippen molar-refractivity contribution in [1.29, 1.82) is 0 Å². The molecular weight excluding hydrogens is 477 g/mol. The SMILES string of the molecule is Cc1cnc(CCN(C)C(=NCC(=O)N(C)C)NCC2CCCCO2)s1.I. The van der Waals surface area contributed by atoms with Crippen LogP contribution in [0.25, 0.3) is 0 Å². The number of halogens is 1. The Balaban J connectivity index is 0.00000364. The van der Waals surface area contributed by atoms with Gasteiger partial charge < -0.3 is 19.9 Å². The van der Waals surface area contributed by atoms with Crippen LogP contribution in [0, 0.1) is 6.92 Å². The number of likely N-dealkylation sites (N-methyl/N-ethyl adjacent to an activating group) is 2. The molecule has 2 rings (SSSR count). The van der Waals surface area contributed by atoms with E-state index < -0.39 is 0 Å². The average molecular weight is 509 g/mol. The van der Waals surface area contributed by atoms with Crippen molar-refractivity contribution in [3.8, 4) is 0 Å². The molecule has 1 amide bonds. The van der Waals surface area contributed by atoms with Crippen LogP contribution >= 0.6 is 35.3 Å². The van der Waals surface area contributed by atoms with Crippen molar-refractivity contribution >= 4 is 47.2 Å². The highest BCUT2D eigenvalue weighted by Gasteiger charge is 2.16. The zero-order valence-corrected chi connectivity index (χ0v) is 19.9. The minimum absolute atomic E-state index is 0. The van der Waals surface area contributed by atoms with Gasteiger partial charge in [-0.1, -0.05) is 0 Å². The van der Waals surface area contributed by atoms with E-state index in [-0.39, 0.29) is 42.5 Å². The van der Waals surface area contributed by atoms with Crippen molar-refractivity contribution in [3.63, 3.8) is 0 Å². The number of nitrogens with zero attached hydrogens (tertiary/aromatic N) is 4. The lowest BCUT2D eigenvalue weighted by molar-refractivity contribution is -0.127. The summed E-state index contributed by atoms with van der Waals surface area (Å²) in [7, 11) is 5.48. The first kappa shape index (κ1) is 24.1. The molecule has 1 fully saturated rings. The normalized spacial score (nSPS) is 17.2. The molecule has 0 aromatic carbocycles. The van der Waals surface area contributed by atoms with Crippen LogP contribution < -0.4 is 5.32 Å². The Bertz CT molecular complexity index is 602. The van der Waals surface area contributed by atoms with Gasteiger partial charge in [-0.3, -0.25) is 4.79 Å². The molecule has 1 aliphatic heterocycles. The third-order valence-electron chi connectivity index (χ3n) is 4.32. The van der Waals surface area contributed by atoms with Gasteiger partial charge in [-0.25, -0.2) is 9.98 Å². The number of carbonyl (C=O) groups excluding carboxylic acids is 1. The molecule has 1 saturated heterocycles. The van der Waals surface area contributed by atoms with Gasteiger partial charge in [-0.15, -0.1) is 35.3 Å². The highest BCUT2D eigenvalue weighted by atomic mass is 127. The summed E-state index contributed by atoms with van der Waals surface area (Å²) in [5.74, 6) is 0.727. The number of amides is 1. The summed E-state index contributed by atoms with van der Waals surface area (Å²) in [6.45, 7) is 4.55. The second-order valence-corrected chi connectivity index (χ2v) is 8.15. The van der Waals surface area contributed by atoms with Crippen molar-refractivity contribution in [2.45, 2.75) is 38.7 Å². The van der Waals surface area contributed by atoms with E-state index in [1.165, 1.54) is 11.3 Å². The summed E-state index contributed by atoms with van der Waals surface area (Å²) in [4.78, 5) is 25.7. The fourth-order valence-corrected chi connectivity index (χ4v) is 3.43. The molecule has 1 aliphatic rings. The van der Waals surface area contributed by atoms with Gasteiger partial charge in [0.2, 0.25) is 5.91 Å². The molecule has 1 aromatic rings. The van der Waals surface area contributed by atoms with Gasteiger partial charge in [0.25, 0.3) is 0 Å². The van der Waals surface area contributed by atoms with Crippen molar-refractivity contribution < 1.29 is 9.53 Å². The second-order valence-electron chi connectivity index (χ2n) is 6.83. The molecule has 0 aliphatic carbocycles. The Morgan fingerprint density at radius 1 is 1.41 bits per heavy atom. The number of aromatic nitrogens is 1. The van der Waals surface area contributed by atoms with Crippen LogP contribution in [0.2, 0.25) is 0 Å². The lowest BCUT2D eigenvalue weighted by Crippen LogP contribution is -2.44. The topological polar surface area (TPSA) is 70.1 Å². The molecule has 0 saturated carbocycles. The molecule has 7 nitrogen and oxygen atoms in total. The molecule has 0 bridgehead atoms. The summed E-state index contributed by atoms with van der Waals surface area (Å²) in [6.07, 6.45) is 6.40. The largest absolute Gasteiger partial charge is 0.376 e. The monoisotopic (exact) mass is 509 g/mol. The lowest BCUT2D eigenvalue weighted by atomic mass is 10.1. The van der Waals surface area contributed by atoms with Crippen LogP contribution in [-0.2, 0) is 16.0 Å². The average Bonchev–Trinajstić information content (AvgIpc) is 3.05. The molecule has 1 atom stereocenters. The number of aliphatic imine (C=N–C) groups is 1. The second kappa shape index (κ2) is 12.5. The number of nitrogens with one attached hydrogen (secondary N) is 1. The molecular formula is C18H32IN5O2S. The maximum absolute atomic E-state index is 11.9. The van der Waals surface area contributed by atoms with E-state index >= 15 is 0 Å². The van der Waals surface area contributed by atoms with Gasteiger partial charge in [0.1, 0.15) is 6.54 Å². The van der Waals surface area contributed by atoms with Crippen molar-refractivity contribution in [3.05, 3.63) is 16.1 Å². The molecule has 0 radical (unpaired) electrons. The Morgan fingerprint density at radius 3 is 2.78 bits per heavy atom. The molecule has 27 heavy (non-hydrogen) atoms. The zero-order valence-electron chi connectivity index (χ0n) is 16.7. The molecule has 0 spiro atoms. The first-order chi connectivity index (χ1) is 12.5. The molecule has 1 aromatic heterocycles. The molecule has 154 valence electrons. The van der Waals surface area contributed by atoms with E-state index in [0.29, 0.717) is 0 Å². The van der Waals surface area contributed by atoms with E-state index in [1.54, 1.807) is 30.3 Å². The van der Waals surface area contributed by atoms with Gasteiger partial charge in [0.15, 0.2) is 5.96 Å². The van der Waals surface area contributed by atoms with Crippen molar-refractivity contribution in [1.82, 2.24) is 20.1 Å². The zero-order chi connectivity index (χ0) is 18.9. The van der Waals surface area contributed by atoms with E-state index in [1.807, 2.05) is 13.2 Å². The van der Waals surface area contributed by atoms with E-state index in [0.717, 1.165) is 49.9 Å². The van der Waals surface area contributed by atoms with E-state index in [9.17, 15) is 4.79 Å². The maximum atomic E-state index is 11.9. The smallest absolute Gasteiger partial charge is 0.243 e. The number of thiazole rings is 1. The van der Waals surface area contributed by atoms with E-state index in [4.69, 9.17) is 4.74 Å². The van der Waals surface area contributed by atoms with Crippen LogP contribution in [0.5, 0.6) is 0 Å². The fraction of sp³-hybridized carbons (Fsp3) is 0.722. The quantitative estimate of drug-likeness (QED) is 0.347. The van der Waals surface area contributed by atoms with Crippen LogP contribution in [0.15, 0.2) is 11.2 Å². The highest BCUT2D eigenvalue weighted by molar-refractivity contribution is 14.0. The van der Waals surface area contributed by atoms with Crippen molar-refractivity contribution in [2.24, 2.45) is 4.99 Å². The highest BCUT2D eigenvalue weighted by Crippen LogP contribution is 2.13. The van der Waals surface area contributed by atoms with Gasteiger partial charge in [-0.05, 0) is 26.2 Å². The van der Waals surface area contributed by atoms with Crippen LogP contribution in [0.3, 0.4) is 0 Å². The summed E-state index contributed by atoms with van der Waals surface area (Å²) in [5.41, 5.74) is 0. The van der Waals surface area contributed by atoms with Crippen LogP contribution in [0.4, 0.5) is 0 Å².